The third-order valence-electron chi connectivity index (χ3n) is 6.06. The van der Waals surface area contributed by atoms with Gasteiger partial charge in [0.2, 0.25) is 12.7 Å². The molecule has 1 N–H and O–H groups in total. The van der Waals surface area contributed by atoms with Crippen LogP contribution in [0.15, 0.2) is 30.3 Å². The van der Waals surface area contributed by atoms with E-state index < -0.39 is 67.7 Å². The Morgan fingerprint density at radius 1 is 1.09 bits per heavy atom. The van der Waals surface area contributed by atoms with E-state index in [0.717, 1.165) is 17.3 Å². The molecule has 2 rings (SSSR count). The minimum absolute atomic E-state index is 0.0160. The van der Waals surface area contributed by atoms with Crippen LogP contribution in [0.2, 0.25) is 0 Å². The molecule has 0 aromatic heterocycles. The number of amides is 1. The lowest BCUT2D eigenvalue weighted by Crippen LogP contribution is -2.50. The monoisotopic (exact) mass is 645 g/mol. The number of ether oxygens (including phenoxy) is 3. The Kier molecular flexibility index (Phi) is 13.8. The number of hydrogen-bond donors (Lipinski definition) is 1. The second kappa shape index (κ2) is 16.3. The smallest absolute Gasteiger partial charge is 0.469 e. The first-order valence-electron chi connectivity index (χ1n) is 13.5. The fourth-order valence-electron chi connectivity index (χ4n) is 3.44. The Hall–Kier alpha value is -2.77. The van der Waals surface area contributed by atoms with Crippen molar-refractivity contribution in [2.24, 2.45) is 16.7 Å². The van der Waals surface area contributed by atoms with E-state index in [4.69, 9.17) is 23.0 Å². The summed E-state index contributed by atoms with van der Waals surface area (Å²) >= 11 is 0.914. The van der Waals surface area contributed by atoms with Crippen molar-refractivity contribution >= 4 is 48.5 Å². The van der Waals surface area contributed by atoms with E-state index in [1.165, 1.54) is 7.11 Å². The maximum Gasteiger partial charge on any atom is 0.478 e. The third kappa shape index (κ3) is 12.4. The van der Waals surface area contributed by atoms with Crippen LogP contribution in [0.3, 0.4) is 0 Å². The average molecular weight is 646 g/mol. The van der Waals surface area contributed by atoms with Crippen molar-refractivity contribution in [1.29, 1.82) is 0 Å². The van der Waals surface area contributed by atoms with Gasteiger partial charge in [0.1, 0.15) is 6.61 Å². The first-order valence-corrected chi connectivity index (χ1v) is 16.0. The molecular weight excluding hydrogens is 605 g/mol. The largest absolute Gasteiger partial charge is 0.478 e. The van der Waals surface area contributed by atoms with Crippen LogP contribution in [0.4, 0.5) is 0 Å². The van der Waals surface area contributed by atoms with Crippen LogP contribution in [-0.2, 0) is 62.9 Å². The normalized spacial score (nSPS) is 20.4. The fraction of sp³-hybridized carbons (Fsp3) is 0.607. The van der Waals surface area contributed by atoms with Crippen LogP contribution >= 0.6 is 19.6 Å². The molecule has 0 aliphatic carbocycles. The minimum Gasteiger partial charge on any atom is -0.469 e. The zero-order valence-electron chi connectivity index (χ0n) is 25.2. The SMILES string of the molecule is COC(=O)CCNC(=O)[C@@H]1O[P@@](=O)(OCOC(=O)C[C@@H](CSC(=O)C(C)(C)C)C(=O)OCc2ccccc2)OCC1(C)C. The first-order chi connectivity index (χ1) is 20.1. The lowest BCUT2D eigenvalue weighted by molar-refractivity contribution is -0.161. The predicted molar refractivity (Wildman–Crippen MR) is 155 cm³/mol. The lowest BCUT2D eigenvalue weighted by atomic mass is 9.87. The van der Waals surface area contributed by atoms with Crippen molar-refractivity contribution in [1.82, 2.24) is 5.32 Å². The van der Waals surface area contributed by atoms with Gasteiger partial charge < -0.3 is 19.5 Å². The summed E-state index contributed by atoms with van der Waals surface area (Å²) in [7, 11) is -3.11. The van der Waals surface area contributed by atoms with Gasteiger partial charge in [0.05, 0.1) is 32.5 Å². The Labute approximate surface area is 255 Å². The summed E-state index contributed by atoms with van der Waals surface area (Å²) in [4.78, 5) is 61.9. The van der Waals surface area contributed by atoms with Crippen molar-refractivity contribution in [2.75, 3.05) is 32.8 Å². The van der Waals surface area contributed by atoms with E-state index in [0.29, 0.717) is 0 Å². The molecule has 3 atom stereocenters. The molecule has 0 bridgehead atoms. The van der Waals surface area contributed by atoms with Gasteiger partial charge in [0, 0.05) is 23.1 Å². The van der Waals surface area contributed by atoms with Gasteiger partial charge in [0.15, 0.2) is 11.2 Å². The van der Waals surface area contributed by atoms with Crippen LogP contribution in [-0.4, -0.2) is 67.8 Å². The molecule has 240 valence electrons. The molecule has 1 saturated heterocycles. The predicted octanol–water partition coefficient (Wildman–Crippen LogP) is 3.79. The summed E-state index contributed by atoms with van der Waals surface area (Å²) in [5.74, 6) is -3.76. The molecule has 0 unspecified atom stereocenters. The highest BCUT2D eigenvalue weighted by molar-refractivity contribution is 8.13. The Morgan fingerprint density at radius 2 is 1.77 bits per heavy atom. The number of phosphoric acid groups is 1. The molecule has 0 saturated carbocycles. The van der Waals surface area contributed by atoms with Crippen LogP contribution in [0.1, 0.15) is 53.0 Å². The van der Waals surface area contributed by atoms with Gasteiger partial charge in [-0.3, -0.25) is 33.0 Å². The molecule has 1 heterocycles. The van der Waals surface area contributed by atoms with E-state index in [-0.39, 0.29) is 37.0 Å². The number of carbonyl (C=O) groups is 5. The molecule has 13 nitrogen and oxygen atoms in total. The maximum atomic E-state index is 13.0. The second-order valence-electron chi connectivity index (χ2n) is 11.4. The average Bonchev–Trinajstić information content (AvgIpc) is 2.95. The number of hydrogen-bond acceptors (Lipinski definition) is 13. The molecule has 0 radical (unpaired) electrons. The zero-order valence-corrected chi connectivity index (χ0v) is 27.0. The van der Waals surface area contributed by atoms with Gasteiger partial charge in [-0.25, -0.2) is 9.09 Å². The van der Waals surface area contributed by atoms with Crippen LogP contribution < -0.4 is 5.32 Å². The summed E-state index contributed by atoms with van der Waals surface area (Å²) < 4.78 is 43.7. The zero-order chi connectivity index (χ0) is 32.3. The Bertz CT molecular complexity index is 1180. The molecule has 1 aliphatic heterocycles. The number of carbonyl (C=O) groups excluding carboxylic acids is 5. The van der Waals surface area contributed by atoms with Crippen LogP contribution in [0, 0.1) is 16.7 Å². The first kappa shape index (κ1) is 36.4. The van der Waals surface area contributed by atoms with Gasteiger partial charge in [0.25, 0.3) is 0 Å². The lowest BCUT2D eigenvalue weighted by Gasteiger charge is -2.39. The van der Waals surface area contributed by atoms with E-state index in [2.05, 4.69) is 10.1 Å². The van der Waals surface area contributed by atoms with Crippen LogP contribution in [0.25, 0.3) is 0 Å². The molecule has 1 amide bonds. The Balaban J connectivity index is 1.95. The summed E-state index contributed by atoms with van der Waals surface area (Å²) in [6.07, 6.45) is -1.77. The fourth-order valence-corrected chi connectivity index (χ4v) is 5.99. The molecule has 15 heteroatoms. The highest BCUT2D eigenvalue weighted by Crippen LogP contribution is 2.57. The Morgan fingerprint density at radius 3 is 2.40 bits per heavy atom. The summed E-state index contributed by atoms with van der Waals surface area (Å²) in [6, 6.07) is 8.97. The van der Waals surface area contributed by atoms with Crippen molar-refractivity contribution in [3.8, 4) is 0 Å². The second-order valence-corrected chi connectivity index (χ2v) is 14.0. The van der Waals surface area contributed by atoms with Crippen molar-refractivity contribution < 1.29 is 56.3 Å². The van der Waals surface area contributed by atoms with E-state index in [1.54, 1.807) is 58.9 Å². The molecule has 43 heavy (non-hydrogen) atoms. The summed E-state index contributed by atoms with van der Waals surface area (Å²) in [5, 5.41) is 2.35. The van der Waals surface area contributed by atoms with E-state index >= 15 is 0 Å². The maximum absolute atomic E-state index is 13.0. The number of benzene rings is 1. The van der Waals surface area contributed by atoms with Crippen molar-refractivity contribution in [3.05, 3.63) is 35.9 Å². The molecule has 1 aromatic carbocycles. The van der Waals surface area contributed by atoms with Crippen molar-refractivity contribution in [2.45, 2.75) is 60.2 Å². The third-order valence-corrected chi connectivity index (χ3v) is 8.84. The summed E-state index contributed by atoms with van der Waals surface area (Å²) in [5.41, 5.74) is -0.813. The highest BCUT2D eigenvalue weighted by Gasteiger charge is 2.49. The number of nitrogens with one attached hydrogen (secondary N) is 1. The van der Waals surface area contributed by atoms with Gasteiger partial charge in [-0.15, -0.1) is 0 Å². The number of thioether (sulfide) groups is 1. The standard InChI is InChI=1S/C28H40NO12PS/c1-27(2,3)26(34)43-16-20(25(33)37-15-19-10-8-7-9-11-19)14-22(31)38-18-40-42(35)39-17-28(4,5)23(41-42)24(32)29-13-12-21(30)36-6/h7-11,20,23H,12-18H2,1-6H3,(H,29,32)/t20-,23-,42+/m0/s1. The van der Waals surface area contributed by atoms with E-state index in [1.807, 2.05) is 6.07 Å². The minimum atomic E-state index is -4.33. The molecule has 1 fully saturated rings. The number of methoxy groups -OCH3 is 1. The molecule has 1 aromatic rings. The van der Waals surface area contributed by atoms with Gasteiger partial charge in [-0.1, -0.05) is 76.7 Å². The quantitative estimate of drug-likeness (QED) is 0.134. The molecule has 1 aliphatic rings. The van der Waals surface area contributed by atoms with Gasteiger partial charge >= 0.3 is 25.7 Å². The summed E-state index contributed by atoms with van der Waals surface area (Å²) in [6.45, 7) is 7.45. The number of rotatable bonds is 14. The van der Waals surface area contributed by atoms with Gasteiger partial charge in [-0.2, -0.15) is 0 Å². The highest BCUT2D eigenvalue weighted by atomic mass is 32.2. The van der Waals surface area contributed by atoms with Gasteiger partial charge in [-0.05, 0) is 5.56 Å². The number of esters is 3. The van der Waals surface area contributed by atoms with E-state index in [9.17, 15) is 28.5 Å². The number of phosphoric ester groups is 1. The molecular formula is C28H40NO12PS. The van der Waals surface area contributed by atoms with Crippen LogP contribution in [0.5, 0.6) is 0 Å². The van der Waals surface area contributed by atoms with Crippen molar-refractivity contribution in [3.63, 3.8) is 0 Å². The topological polar surface area (TPSA) is 170 Å². The molecule has 0 spiro atoms.